The number of nitrogens with one attached hydrogen (secondary N) is 2. The second kappa shape index (κ2) is 8.09. The van der Waals surface area contributed by atoms with Gasteiger partial charge in [0.25, 0.3) is 0 Å². The van der Waals surface area contributed by atoms with Crippen LogP contribution >= 0.6 is 0 Å². The number of aliphatic imine (C=N–C) groups is 1. The molecule has 25 heavy (non-hydrogen) atoms. The molecule has 1 amide bonds. The predicted octanol–water partition coefficient (Wildman–Crippen LogP) is 1.34. The van der Waals surface area contributed by atoms with Crippen LogP contribution < -0.4 is 20.1 Å². The van der Waals surface area contributed by atoms with Gasteiger partial charge in [0.15, 0.2) is 17.5 Å². The van der Waals surface area contributed by atoms with Crippen molar-refractivity contribution < 1.29 is 14.3 Å². The summed E-state index contributed by atoms with van der Waals surface area (Å²) in [4.78, 5) is 17.6. The van der Waals surface area contributed by atoms with E-state index in [2.05, 4.69) is 35.5 Å². The highest BCUT2D eigenvalue weighted by atomic mass is 16.7. The minimum absolute atomic E-state index is 0.0350. The van der Waals surface area contributed by atoms with Crippen LogP contribution in [0.25, 0.3) is 0 Å². The van der Waals surface area contributed by atoms with Gasteiger partial charge >= 0.3 is 0 Å². The molecule has 0 fully saturated rings. The number of carbonyl (C=O) groups is 1. The van der Waals surface area contributed by atoms with Crippen LogP contribution in [-0.4, -0.2) is 57.3 Å². The van der Waals surface area contributed by atoms with Gasteiger partial charge in [0.2, 0.25) is 12.7 Å². The van der Waals surface area contributed by atoms with Crippen molar-refractivity contribution in [2.45, 2.75) is 26.2 Å². The molecule has 1 aromatic carbocycles. The molecule has 1 heterocycles. The molecule has 138 valence electrons. The van der Waals surface area contributed by atoms with Gasteiger partial charge in [-0.15, -0.1) is 0 Å². The number of hydrogen-bond donors (Lipinski definition) is 2. The number of likely N-dealkylation sites (N-methyl/N-ethyl adjacent to an activating group) is 1. The van der Waals surface area contributed by atoms with Crippen LogP contribution in [0.4, 0.5) is 0 Å². The molecule has 0 atom stereocenters. The first-order valence-electron chi connectivity index (χ1n) is 8.46. The third kappa shape index (κ3) is 5.01. The Bertz CT molecular complexity index is 641. The standard InChI is InChI=1S/C18H28N4O3/c1-6-19-17(20-10-16(23)22(4)5)21-11-18(2,3)13-7-8-14-15(9-13)25-12-24-14/h7-9H,6,10-12H2,1-5H3,(H2,19,20,21). The van der Waals surface area contributed by atoms with E-state index in [-0.39, 0.29) is 24.7 Å². The number of fused-ring (bicyclic) bond motifs is 1. The summed E-state index contributed by atoms with van der Waals surface area (Å²) in [6.45, 7) is 8.06. The summed E-state index contributed by atoms with van der Waals surface area (Å²) in [5.41, 5.74) is 0.993. The summed E-state index contributed by atoms with van der Waals surface area (Å²) < 4.78 is 10.8. The lowest BCUT2D eigenvalue weighted by molar-refractivity contribution is -0.127. The minimum atomic E-state index is -0.150. The average molecular weight is 348 g/mol. The summed E-state index contributed by atoms with van der Waals surface area (Å²) in [7, 11) is 3.45. The van der Waals surface area contributed by atoms with E-state index in [1.807, 2.05) is 19.1 Å². The Morgan fingerprint density at radius 2 is 1.96 bits per heavy atom. The molecule has 1 aliphatic heterocycles. The zero-order chi connectivity index (χ0) is 18.4. The van der Waals surface area contributed by atoms with Gasteiger partial charge in [-0.05, 0) is 24.6 Å². The van der Waals surface area contributed by atoms with E-state index in [1.165, 1.54) is 4.90 Å². The van der Waals surface area contributed by atoms with Gasteiger partial charge in [0.05, 0.1) is 0 Å². The monoisotopic (exact) mass is 348 g/mol. The van der Waals surface area contributed by atoms with Gasteiger partial charge in [-0.2, -0.15) is 0 Å². The number of benzene rings is 1. The number of guanidine groups is 1. The largest absolute Gasteiger partial charge is 0.454 e. The number of rotatable bonds is 6. The van der Waals surface area contributed by atoms with Crippen LogP contribution in [0.2, 0.25) is 0 Å². The summed E-state index contributed by atoms with van der Waals surface area (Å²) in [6, 6.07) is 6.01. The summed E-state index contributed by atoms with van der Waals surface area (Å²) in [5, 5.41) is 6.48. The summed E-state index contributed by atoms with van der Waals surface area (Å²) >= 11 is 0. The maximum absolute atomic E-state index is 11.7. The smallest absolute Gasteiger partial charge is 0.243 e. The van der Waals surface area contributed by atoms with E-state index < -0.39 is 0 Å². The normalized spacial score (nSPS) is 13.6. The number of ether oxygens (including phenoxy) is 2. The Labute approximate surface area is 149 Å². The maximum atomic E-state index is 11.7. The zero-order valence-electron chi connectivity index (χ0n) is 15.7. The van der Waals surface area contributed by atoms with Crippen LogP contribution in [0.15, 0.2) is 23.2 Å². The summed E-state index contributed by atoms with van der Waals surface area (Å²) in [6.07, 6.45) is 0. The fourth-order valence-corrected chi connectivity index (χ4v) is 2.35. The van der Waals surface area contributed by atoms with Gasteiger partial charge in [-0.25, -0.2) is 4.99 Å². The SMILES string of the molecule is CCNC(=NCC(=O)N(C)C)NCC(C)(C)c1ccc2c(c1)OCO2. The Morgan fingerprint density at radius 1 is 1.24 bits per heavy atom. The molecule has 0 bridgehead atoms. The highest BCUT2D eigenvalue weighted by Crippen LogP contribution is 2.36. The van der Waals surface area contributed by atoms with E-state index in [0.29, 0.717) is 12.5 Å². The van der Waals surface area contributed by atoms with E-state index in [4.69, 9.17) is 9.47 Å². The molecule has 7 heteroatoms. The average Bonchev–Trinajstić information content (AvgIpc) is 3.04. The van der Waals surface area contributed by atoms with Crippen molar-refractivity contribution in [3.05, 3.63) is 23.8 Å². The van der Waals surface area contributed by atoms with Crippen molar-refractivity contribution in [3.8, 4) is 11.5 Å². The molecule has 1 aromatic rings. The van der Waals surface area contributed by atoms with E-state index in [1.54, 1.807) is 14.1 Å². The van der Waals surface area contributed by atoms with Gasteiger partial charge in [-0.1, -0.05) is 19.9 Å². The number of carbonyl (C=O) groups excluding carboxylic acids is 1. The number of hydrogen-bond acceptors (Lipinski definition) is 4. The van der Waals surface area contributed by atoms with Crippen molar-refractivity contribution in [1.29, 1.82) is 0 Å². The predicted molar refractivity (Wildman–Crippen MR) is 98.3 cm³/mol. The fraction of sp³-hybridized carbons (Fsp3) is 0.556. The van der Waals surface area contributed by atoms with Crippen LogP contribution in [0, 0.1) is 0 Å². The summed E-state index contributed by atoms with van der Waals surface area (Å²) in [5.74, 6) is 2.16. The first-order chi connectivity index (χ1) is 11.8. The van der Waals surface area contributed by atoms with Crippen LogP contribution in [0.1, 0.15) is 26.3 Å². The molecule has 1 aliphatic rings. The third-order valence-corrected chi connectivity index (χ3v) is 4.07. The van der Waals surface area contributed by atoms with E-state index >= 15 is 0 Å². The molecule has 2 N–H and O–H groups in total. The van der Waals surface area contributed by atoms with Gasteiger partial charge < -0.3 is 25.0 Å². The Hall–Kier alpha value is -2.44. The topological polar surface area (TPSA) is 75.2 Å². The number of nitrogens with zero attached hydrogens (tertiary/aromatic N) is 2. The molecule has 0 aliphatic carbocycles. The molecule has 0 aromatic heterocycles. The fourth-order valence-electron chi connectivity index (χ4n) is 2.35. The molecule has 7 nitrogen and oxygen atoms in total. The number of amides is 1. The molecule has 0 saturated carbocycles. The van der Waals surface area contributed by atoms with Crippen LogP contribution in [-0.2, 0) is 10.2 Å². The Balaban J connectivity index is 2.02. The quantitative estimate of drug-likeness (QED) is 0.599. The molecule has 0 spiro atoms. The molecule has 0 radical (unpaired) electrons. The Kier molecular flexibility index (Phi) is 6.12. The third-order valence-electron chi connectivity index (χ3n) is 4.07. The first kappa shape index (κ1) is 18.9. The van der Waals surface area contributed by atoms with Gasteiger partial charge in [0.1, 0.15) is 6.54 Å². The molecular weight excluding hydrogens is 320 g/mol. The van der Waals surface area contributed by atoms with Crippen molar-refractivity contribution in [3.63, 3.8) is 0 Å². The molecule has 0 saturated heterocycles. The lowest BCUT2D eigenvalue weighted by Crippen LogP contribution is -2.44. The second-order valence-corrected chi connectivity index (χ2v) is 6.79. The van der Waals surface area contributed by atoms with Gasteiger partial charge in [0, 0.05) is 32.6 Å². The van der Waals surface area contributed by atoms with Crippen molar-refractivity contribution in [2.24, 2.45) is 4.99 Å². The first-order valence-corrected chi connectivity index (χ1v) is 8.46. The zero-order valence-corrected chi connectivity index (χ0v) is 15.7. The highest BCUT2D eigenvalue weighted by molar-refractivity contribution is 5.84. The van der Waals surface area contributed by atoms with E-state index in [0.717, 1.165) is 23.6 Å². The molecule has 0 unspecified atom stereocenters. The highest BCUT2D eigenvalue weighted by Gasteiger charge is 2.24. The minimum Gasteiger partial charge on any atom is -0.454 e. The van der Waals surface area contributed by atoms with Crippen LogP contribution in [0.3, 0.4) is 0 Å². The lowest BCUT2D eigenvalue weighted by atomic mass is 9.84. The molecular formula is C18H28N4O3. The van der Waals surface area contributed by atoms with Crippen molar-refractivity contribution >= 4 is 11.9 Å². The second-order valence-electron chi connectivity index (χ2n) is 6.79. The lowest BCUT2D eigenvalue weighted by Gasteiger charge is -2.27. The van der Waals surface area contributed by atoms with Gasteiger partial charge in [-0.3, -0.25) is 4.79 Å². The van der Waals surface area contributed by atoms with Crippen molar-refractivity contribution in [2.75, 3.05) is 40.5 Å². The van der Waals surface area contributed by atoms with Crippen molar-refractivity contribution in [1.82, 2.24) is 15.5 Å². The van der Waals surface area contributed by atoms with E-state index in [9.17, 15) is 4.79 Å². The van der Waals surface area contributed by atoms with Crippen LogP contribution in [0.5, 0.6) is 11.5 Å². The molecule has 2 rings (SSSR count). The Morgan fingerprint density at radius 3 is 2.64 bits per heavy atom. The maximum Gasteiger partial charge on any atom is 0.243 e.